The number of thioether (sulfide) groups is 1. The van der Waals surface area contributed by atoms with Crippen LogP contribution in [-0.2, 0) is 17.9 Å². The number of hydrogen-bond acceptors (Lipinski definition) is 6. The van der Waals surface area contributed by atoms with Crippen LogP contribution in [0.15, 0.2) is 77.7 Å². The predicted molar refractivity (Wildman–Crippen MR) is 128 cm³/mol. The van der Waals surface area contributed by atoms with Gasteiger partial charge in [0.05, 0.1) is 11.4 Å². The van der Waals surface area contributed by atoms with Crippen LogP contribution in [0.5, 0.6) is 11.5 Å². The molecule has 1 fully saturated rings. The van der Waals surface area contributed by atoms with Crippen molar-refractivity contribution in [2.75, 3.05) is 6.79 Å². The monoisotopic (exact) mass is 472 g/mol. The van der Waals surface area contributed by atoms with E-state index in [2.05, 4.69) is 5.32 Å². The first kappa shape index (κ1) is 21.8. The number of carbonyl (C=O) groups excluding carboxylic acids is 3. The van der Waals surface area contributed by atoms with E-state index in [9.17, 15) is 14.4 Å². The summed E-state index contributed by atoms with van der Waals surface area (Å²) < 4.78 is 10.7. The fraction of sp³-hybridized carbons (Fsp3) is 0.115. The normalized spacial score (nSPS) is 15.8. The molecule has 3 amide bonds. The van der Waals surface area contributed by atoms with Crippen LogP contribution in [0.2, 0.25) is 0 Å². The second-order valence-corrected chi connectivity index (χ2v) is 8.74. The van der Waals surface area contributed by atoms with Crippen molar-refractivity contribution in [3.05, 3.63) is 100.0 Å². The van der Waals surface area contributed by atoms with E-state index in [0.29, 0.717) is 28.5 Å². The molecule has 0 saturated carbocycles. The van der Waals surface area contributed by atoms with Crippen molar-refractivity contribution in [1.82, 2.24) is 10.2 Å². The van der Waals surface area contributed by atoms with Gasteiger partial charge in [-0.05, 0) is 58.8 Å². The van der Waals surface area contributed by atoms with Gasteiger partial charge >= 0.3 is 0 Å². The first-order chi connectivity index (χ1) is 16.6. The van der Waals surface area contributed by atoms with Crippen molar-refractivity contribution < 1.29 is 23.9 Å². The average Bonchev–Trinajstić information content (AvgIpc) is 3.43. The lowest BCUT2D eigenvalue weighted by Crippen LogP contribution is -2.27. The zero-order valence-corrected chi connectivity index (χ0v) is 18.8. The van der Waals surface area contributed by atoms with Gasteiger partial charge in [0.25, 0.3) is 17.1 Å². The molecule has 1 saturated heterocycles. The van der Waals surface area contributed by atoms with Crippen LogP contribution < -0.4 is 14.8 Å². The van der Waals surface area contributed by atoms with E-state index >= 15 is 0 Å². The summed E-state index contributed by atoms with van der Waals surface area (Å²) in [6, 6.07) is 21.8. The van der Waals surface area contributed by atoms with E-state index in [0.717, 1.165) is 28.5 Å². The van der Waals surface area contributed by atoms with E-state index in [1.165, 1.54) is 4.90 Å². The van der Waals surface area contributed by atoms with E-state index in [1.807, 2.05) is 48.5 Å². The van der Waals surface area contributed by atoms with Crippen LogP contribution >= 0.6 is 11.8 Å². The Morgan fingerprint density at radius 2 is 1.71 bits per heavy atom. The van der Waals surface area contributed by atoms with Gasteiger partial charge in [-0.2, -0.15) is 0 Å². The minimum atomic E-state index is -0.315. The number of amides is 3. The molecule has 0 bridgehead atoms. The minimum Gasteiger partial charge on any atom is -0.454 e. The summed E-state index contributed by atoms with van der Waals surface area (Å²) in [6.07, 6.45) is 1.67. The molecule has 0 atom stereocenters. The lowest BCUT2D eigenvalue weighted by Gasteiger charge is -2.12. The number of fused-ring (bicyclic) bond motifs is 1. The van der Waals surface area contributed by atoms with E-state index in [-0.39, 0.29) is 30.4 Å². The van der Waals surface area contributed by atoms with Crippen LogP contribution in [0, 0.1) is 0 Å². The molecule has 34 heavy (non-hydrogen) atoms. The van der Waals surface area contributed by atoms with E-state index in [4.69, 9.17) is 9.47 Å². The smallest absolute Gasteiger partial charge is 0.293 e. The highest BCUT2D eigenvalue weighted by Gasteiger charge is 2.34. The van der Waals surface area contributed by atoms with Crippen molar-refractivity contribution in [2.45, 2.75) is 13.1 Å². The molecular formula is C26H20N2O5S. The molecule has 2 heterocycles. The van der Waals surface area contributed by atoms with Crippen LogP contribution in [-0.4, -0.2) is 28.7 Å². The lowest BCUT2D eigenvalue weighted by molar-refractivity contribution is -0.123. The Balaban J connectivity index is 1.21. The highest BCUT2D eigenvalue weighted by Crippen LogP contribution is 2.34. The van der Waals surface area contributed by atoms with Crippen molar-refractivity contribution in [3.63, 3.8) is 0 Å². The third-order valence-electron chi connectivity index (χ3n) is 5.42. The summed E-state index contributed by atoms with van der Waals surface area (Å²) in [4.78, 5) is 39.2. The Bertz CT molecular complexity index is 1290. The van der Waals surface area contributed by atoms with Gasteiger partial charge in [-0.1, -0.05) is 48.5 Å². The summed E-state index contributed by atoms with van der Waals surface area (Å²) in [5.74, 6) is 0.838. The predicted octanol–water partition coefficient (Wildman–Crippen LogP) is 4.58. The largest absolute Gasteiger partial charge is 0.454 e. The molecule has 8 heteroatoms. The van der Waals surface area contributed by atoms with Gasteiger partial charge in [0.15, 0.2) is 11.5 Å². The van der Waals surface area contributed by atoms with Gasteiger partial charge in [-0.15, -0.1) is 0 Å². The van der Waals surface area contributed by atoms with Crippen molar-refractivity contribution >= 4 is 34.9 Å². The maximum Gasteiger partial charge on any atom is 0.293 e. The molecule has 0 aromatic heterocycles. The molecule has 170 valence electrons. The van der Waals surface area contributed by atoms with Crippen LogP contribution in [0.1, 0.15) is 27.0 Å². The van der Waals surface area contributed by atoms with Crippen LogP contribution in [0.3, 0.4) is 0 Å². The second kappa shape index (κ2) is 9.44. The molecule has 0 spiro atoms. The fourth-order valence-electron chi connectivity index (χ4n) is 3.62. The Morgan fingerprint density at radius 3 is 2.50 bits per heavy atom. The SMILES string of the molecule is O=C(NCc1ccc2c(c1)OCO2)c1ccc(C=C2SC(=O)N(Cc3ccccc3)C2=O)cc1. The Labute approximate surface area is 200 Å². The molecule has 7 nitrogen and oxygen atoms in total. The average molecular weight is 473 g/mol. The van der Waals surface area contributed by atoms with Crippen molar-refractivity contribution in [3.8, 4) is 11.5 Å². The summed E-state index contributed by atoms with van der Waals surface area (Å²) in [7, 11) is 0. The summed E-state index contributed by atoms with van der Waals surface area (Å²) in [6.45, 7) is 0.800. The zero-order chi connectivity index (χ0) is 23.5. The molecule has 0 radical (unpaired) electrons. The van der Waals surface area contributed by atoms with E-state index < -0.39 is 0 Å². The Hall–Kier alpha value is -4.04. The third-order valence-corrected chi connectivity index (χ3v) is 6.33. The second-order valence-electron chi connectivity index (χ2n) is 7.75. The lowest BCUT2D eigenvalue weighted by atomic mass is 10.1. The van der Waals surface area contributed by atoms with Gasteiger partial charge < -0.3 is 14.8 Å². The van der Waals surface area contributed by atoms with Gasteiger partial charge in [0.2, 0.25) is 6.79 Å². The molecule has 2 aliphatic rings. The fourth-order valence-corrected chi connectivity index (χ4v) is 4.46. The minimum absolute atomic E-state index is 0.205. The number of hydrogen-bond donors (Lipinski definition) is 1. The quantitative estimate of drug-likeness (QED) is 0.529. The first-order valence-electron chi connectivity index (χ1n) is 10.6. The maximum absolute atomic E-state index is 12.7. The number of nitrogens with one attached hydrogen (secondary N) is 1. The van der Waals surface area contributed by atoms with Gasteiger partial charge in [0, 0.05) is 12.1 Å². The van der Waals surface area contributed by atoms with Gasteiger partial charge in [0.1, 0.15) is 0 Å². The molecular weight excluding hydrogens is 452 g/mol. The summed E-state index contributed by atoms with van der Waals surface area (Å²) in [5, 5.41) is 2.59. The summed E-state index contributed by atoms with van der Waals surface area (Å²) in [5.41, 5.74) is 3.02. The number of rotatable bonds is 6. The van der Waals surface area contributed by atoms with E-state index in [1.54, 1.807) is 30.3 Å². The molecule has 0 aliphatic carbocycles. The molecule has 2 aliphatic heterocycles. The Kier molecular flexibility index (Phi) is 6.05. The summed E-state index contributed by atoms with van der Waals surface area (Å²) >= 11 is 0.921. The van der Waals surface area contributed by atoms with Gasteiger partial charge in [-0.3, -0.25) is 19.3 Å². The van der Waals surface area contributed by atoms with Crippen LogP contribution in [0.25, 0.3) is 6.08 Å². The first-order valence-corrected chi connectivity index (χ1v) is 11.4. The number of carbonyl (C=O) groups is 3. The van der Waals surface area contributed by atoms with Crippen molar-refractivity contribution in [2.24, 2.45) is 0 Å². The molecule has 3 aromatic carbocycles. The Morgan fingerprint density at radius 1 is 0.941 bits per heavy atom. The highest BCUT2D eigenvalue weighted by molar-refractivity contribution is 8.18. The molecule has 3 aromatic rings. The van der Waals surface area contributed by atoms with Crippen LogP contribution in [0.4, 0.5) is 4.79 Å². The molecule has 0 unspecified atom stereocenters. The standard InChI is InChI=1S/C26H20N2O5S/c29-24(27-14-19-8-11-21-22(12-19)33-16-32-21)20-9-6-17(7-10-20)13-23-25(30)28(26(31)34-23)15-18-4-2-1-3-5-18/h1-13H,14-16H2,(H,27,29). The number of nitrogens with zero attached hydrogens (tertiary/aromatic N) is 1. The number of benzene rings is 3. The highest BCUT2D eigenvalue weighted by atomic mass is 32.2. The third kappa shape index (κ3) is 4.67. The maximum atomic E-state index is 12.7. The topological polar surface area (TPSA) is 84.9 Å². The number of ether oxygens (including phenoxy) is 2. The molecule has 5 rings (SSSR count). The zero-order valence-electron chi connectivity index (χ0n) is 18.0. The molecule has 1 N–H and O–H groups in total. The van der Waals surface area contributed by atoms with Crippen molar-refractivity contribution in [1.29, 1.82) is 0 Å². The van der Waals surface area contributed by atoms with Gasteiger partial charge in [-0.25, -0.2) is 0 Å². The number of imide groups is 1.